The van der Waals surface area contributed by atoms with Gasteiger partial charge in [-0.05, 0) is 29.7 Å². The van der Waals surface area contributed by atoms with E-state index < -0.39 is 21.9 Å². The van der Waals surface area contributed by atoms with Crippen LogP contribution in [0.2, 0.25) is 0 Å². The van der Waals surface area contributed by atoms with E-state index >= 15 is 0 Å². The van der Waals surface area contributed by atoms with E-state index in [1.807, 2.05) is 30.3 Å². The lowest BCUT2D eigenvalue weighted by atomic mass is 10.1. The first-order chi connectivity index (χ1) is 13.4. The highest BCUT2D eigenvalue weighted by molar-refractivity contribution is 7.88. The summed E-state index contributed by atoms with van der Waals surface area (Å²) in [6.07, 6.45) is 0.326. The van der Waals surface area contributed by atoms with Crippen LogP contribution < -0.4 is 4.72 Å². The Morgan fingerprint density at radius 3 is 2.50 bits per heavy atom. The van der Waals surface area contributed by atoms with Crippen LogP contribution in [0.5, 0.6) is 0 Å². The minimum Gasteiger partial charge on any atom is -0.365 e. The van der Waals surface area contributed by atoms with Gasteiger partial charge in [-0.2, -0.15) is 0 Å². The van der Waals surface area contributed by atoms with Gasteiger partial charge < -0.3 is 9.64 Å². The minimum atomic E-state index is -3.59. The maximum Gasteiger partial charge on any atom is 0.248 e. The number of carbonyl (C=O) groups excluding carboxylic acids is 1. The van der Waals surface area contributed by atoms with E-state index in [4.69, 9.17) is 4.74 Å². The van der Waals surface area contributed by atoms with Crippen molar-refractivity contribution in [3.8, 4) is 0 Å². The Balaban J connectivity index is 1.49. The fourth-order valence-corrected chi connectivity index (χ4v) is 4.17. The van der Waals surface area contributed by atoms with Gasteiger partial charge in [0.15, 0.2) is 0 Å². The van der Waals surface area contributed by atoms with E-state index in [1.165, 1.54) is 24.3 Å². The normalized spacial score (nSPS) is 17.7. The summed E-state index contributed by atoms with van der Waals surface area (Å²) in [5, 5.41) is 0. The van der Waals surface area contributed by atoms with Gasteiger partial charge in [0.1, 0.15) is 12.4 Å². The van der Waals surface area contributed by atoms with E-state index in [2.05, 4.69) is 4.72 Å². The van der Waals surface area contributed by atoms with Crippen LogP contribution in [-0.4, -0.2) is 51.6 Å². The van der Waals surface area contributed by atoms with Crippen molar-refractivity contribution in [2.45, 2.75) is 18.3 Å². The van der Waals surface area contributed by atoms with Crippen molar-refractivity contribution >= 4 is 15.9 Å². The van der Waals surface area contributed by atoms with Gasteiger partial charge >= 0.3 is 0 Å². The largest absolute Gasteiger partial charge is 0.365 e. The lowest BCUT2D eigenvalue weighted by Crippen LogP contribution is -2.51. The van der Waals surface area contributed by atoms with Crippen molar-refractivity contribution < 1.29 is 22.3 Å². The molecule has 0 saturated carbocycles. The molecule has 2 aromatic rings. The molecule has 1 heterocycles. The number of ether oxygens (including phenoxy) is 1. The number of morpholine rings is 1. The Morgan fingerprint density at radius 1 is 1.07 bits per heavy atom. The van der Waals surface area contributed by atoms with Crippen molar-refractivity contribution in [2.24, 2.45) is 0 Å². The highest BCUT2D eigenvalue weighted by Gasteiger charge is 2.27. The van der Waals surface area contributed by atoms with Gasteiger partial charge in [0.05, 0.1) is 11.9 Å². The Kier molecular flexibility index (Phi) is 6.77. The number of benzene rings is 2. The van der Waals surface area contributed by atoms with Gasteiger partial charge in [0.2, 0.25) is 15.9 Å². The maximum absolute atomic E-state index is 12.9. The Hall–Kier alpha value is -2.29. The topological polar surface area (TPSA) is 75.7 Å². The van der Waals surface area contributed by atoms with Gasteiger partial charge in [-0.1, -0.05) is 42.5 Å². The van der Waals surface area contributed by atoms with Crippen LogP contribution in [-0.2, 0) is 31.7 Å². The lowest BCUT2D eigenvalue weighted by molar-refractivity contribution is -0.148. The number of sulfonamides is 1. The van der Waals surface area contributed by atoms with Crippen LogP contribution in [0.3, 0.4) is 0 Å². The first-order valence-electron chi connectivity index (χ1n) is 9.06. The summed E-state index contributed by atoms with van der Waals surface area (Å²) in [5.41, 5.74) is 1.64. The van der Waals surface area contributed by atoms with Gasteiger partial charge in [-0.3, -0.25) is 4.79 Å². The molecule has 1 atom stereocenters. The van der Waals surface area contributed by atoms with Crippen LogP contribution in [0.15, 0.2) is 54.6 Å². The number of carbonyl (C=O) groups is 1. The van der Waals surface area contributed by atoms with Crippen LogP contribution >= 0.6 is 0 Å². The summed E-state index contributed by atoms with van der Waals surface area (Å²) in [6, 6.07) is 15.2. The van der Waals surface area contributed by atoms with E-state index in [9.17, 15) is 17.6 Å². The predicted octanol–water partition coefficient (Wildman–Crippen LogP) is 1.72. The highest BCUT2D eigenvalue weighted by atomic mass is 32.2. The molecular formula is C20H23FN2O4S. The second-order valence-electron chi connectivity index (χ2n) is 6.74. The van der Waals surface area contributed by atoms with E-state index in [0.717, 1.165) is 12.0 Å². The van der Waals surface area contributed by atoms with Crippen molar-refractivity contribution in [2.75, 3.05) is 26.2 Å². The van der Waals surface area contributed by atoms with Crippen molar-refractivity contribution in [1.82, 2.24) is 9.62 Å². The van der Waals surface area contributed by atoms with Gasteiger partial charge in [0.25, 0.3) is 0 Å². The molecule has 0 radical (unpaired) electrons. The average molecular weight is 406 g/mol. The van der Waals surface area contributed by atoms with Gasteiger partial charge in [0, 0.05) is 19.6 Å². The molecule has 0 bridgehead atoms. The standard InChI is InChI=1S/C20H23FN2O4S/c21-18-8-6-17(7-9-18)15-28(25,26)22-12-19-13-23(20(24)14-27-19)11-10-16-4-2-1-3-5-16/h1-9,19,22H,10-15H2. The smallest absolute Gasteiger partial charge is 0.248 e. The third-order valence-corrected chi connectivity index (χ3v) is 5.85. The third-order valence-electron chi connectivity index (χ3n) is 4.53. The van der Waals surface area contributed by atoms with Crippen molar-refractivity contribution in [3.63, 3.8) is 0 Å². The predicted molar refractivity (Wildman–Crippen MR) is 103 cm³/mol. The van der Waals surface area contributed by atoms with E-state index in [1.54, 1.807) is 4.90 Å². The van der Waals surface area contributed by atoms with Crippen molar-refractivity contribution in [3.05, 3.63) is 71.5 Å². The van der Waals surface area contributed by atoms with Crippen LogP contribution in [0.4, 0.5) is 4.39 Å². The number of hydrogen-bond donors (Lipinski definition) is 1. The Bertz CT molecular complexity index is 888. The quantitative estimate of drug-likeness (QED) is 0.724. The highest BCUT2D eigenvalue weighted by Crippen LogP contribution is 2.10. The molecule has 0 aliphatic carbocycles. The molecule has 0 spiro atoms. The summed E-state index contributed by atoms with van der Waals surface area (Å²) in [4.78, 5) is 13.8. The molecule has 0 aromatic heterocycles. The fourth-order valence-electron chi connectivity index (χ4n) is 3.00. The molecule has 1 aliphatic rings. The molecule has 1 aliphatic heterocycles. The molecule has 8 heteroatoms. The SMILES string of the molecule is O=C1COC(CNS(=O)(=O)Cc2ccc(F)cc2)CN1CCc1ccccc1. The first-order valence-corrected chi connectivity index (χ1v) is 10.7. The zero-order chi connectivity index (χ0) is 20.0. The van der Waals surface area contributed by atoms with E-state index in [0.29, 0.717) is 18.7 Å². The second kappa shape index (κ2) is 9.27. The number of amides is 1. The fraction of sp³-hybridized carbons (Fsp3) is 0.350. The molecule has 3 rings (SSSR count). The number of nitrogens with zero attached hydrogens (tertiary/aromatic N) is 1. The average Bonchev–Trinajstić information content (AvgIpc) is 2.69. The van der Waals surface area contributed by atoms with Crippen LogP contribution in [0.25, 0.3) is 0 Å². The Morgan fingerprint density at radius 2 is 1.79 bits per heavy atom. The molecule has 150 valence electrons. The third kappa shape index (κ3) is 6.12. The Labute approximate surface area is 164 Å². The first kappa shape index (κ1) is 20.4. The second-order valence-corrected chi connectivity index (χ2v) is 8.55. The monoisotopic (exact) mass is 406 g/mol. The summed E-state index contributed by atoms with van der Waals surface area (Å²) in [5.74, 6) is -0.747. The molecule has 6 nitrogen and oxygen atoms in total. The number of rotatable bonds is 8. The van der Waals surface area contributed by atoms with Crippen LogP contribution in [0.1, 0.15) is 11.1 Å². The number of nitrogens with one attached hydrogen (secondary N) is 1. The molecular weight excluding hydrogens is 383 g/mol. The zero-order valence-corrected chi connectivity index (χ0v) is 16.2. The summed E-state index contributed by atoms with van der Waals surface area (Å²) >= 11 is 0. The molecule has 1 amide bonds. The molecule has 28 heavy (non-hydrogen) atoms. The maximum atomic E-state index is 12.9. The van der Waals surface area contributed by atoms with Gasteiger partial charge in [-0.15, -0.1) is 0 Å². The summed E-state index contributed by atoms with van der Waals surface area (Å²) in [7, 11) is -3.59. The minimum absolute atomic E-state index is 0.0564. The molecule has 2 aromatic carbocycles. The molecule has 1 unspecified atom stereocenters. The molecule has 1 saturated heterocycles. The number of halogens is 1. The molecule has 1 fully saturated rings. The lowest BCUT2D eigenvalue weighted by Gasteiger charge is -2.32. The zero-order valence-electron chi connectivity index (χ0n) is 15.4. The van der Waals surface area contributed by atoms with E-state index in [-0.39, 0.29) is 24.8 Å². The van der Waals surface area contributed by atoms with Gasteiger partial charge in [-0.25, -0.2) is 17.5 Å². The van der Waals surface area contributed by atoms with Crippen molar-refractivity contribution in [1.29, 1.82) is 0 Å². The number of hydrogen-bond acceptors (Lipinski definition) is 4. The van der Waals surface area contributed by atoms with Crippen LogP contribution in [0, 0.1) is 5.82 Å². The summed E-state index contributed by atoms with van der Waals surface area (Å²) in [6.45, 7) is 0.924. The summed E-state index contributed by atoms with van der Waals surface area (Å²) < 4.78 is 45.4. The molecule has 1 N–H and O–H groups in total.